The number of benzene rings is 1. The van der Waals surface area contributed by atoms with Crippen LogP contribution in [0, 0.1) is 0 Å². The van der Waals surface area contributed by atoms with E-state index in [2.05, 4.69) is 48.6 Å². The number of aryl methyl sites for hydroxylation is 2. The standard InChI is InChI=1S/C22H26N2O/c1-4-18(5-2)13-17(3)24-22-15-20(11-12-23-22)10-9-19-7-6-8-21(14-19)16-25/h4,6-8,11-15,25H,1,3,5,9-10,16H2,2H3,(H,23,24). The number of anilines is 1. The zero-order valence-electron chi connectivity index (χ0n) is 14.8. The summed E-state index contributed by atoms with van der Waals surface area (Å²) in [6.07, 6.45) is 8.41. The number of allylic oxidation sites excluding steroid dienone is 3. The van der Waals surface area contributed by atoms with E-state index in [1.807, 2.05) is 36.5 Å². The maximum absolute atomic E-state index is 9.23. The Bertz CT molecular complexity index is 762. The lowest BCUT2D eigenvalue weighted by Crippen LogP contribution is -2.00. The smallest absolute Gasteiger partial charge is 0.130 e. The quantitative estimate of drug-likeness (QED) is 0.647. The number of aromatic nitrogens is 1. The van der Waals surface area contributed by atoms with Gasteiger partial charge in [0.2, 0.25) is 0 Å². The van der Waals surface area contributed by atoms with Crippen LogP contribution in [0.4, 0.5) is 5.82 Å². The molecule has 3 nitrogen and oxygen atoms in total. The number of nitrogens with one attached hydrogen (secondary N) is 1. The summed E-state index contributed by atoms with van der Waals surface area (Å²) >= 11 is 0. The third kappa shape index (κ3) is 6.05. The van der Waals surface area contributed by atoms with E-state index in [0.717, 1.165) is 41.9 Å². The van der Waals surface area contributed by atoms with Gasteiger partial charge >= 0.3 is 0 Å². The molecule has 1 aromatic carbocycles. The van der Waals surface area contributed by atoms with Gasteiger partial charge in [-0.2, -0.15) is 0 Å². The molecule has 0 radical (unpaired) electrons. The molecule has 0 spiro atoms. The van der Waals surface area contributed by atoms with Crippen molar-refractivity contribution in [3.63, 3.8) is 0 Å². The monoisotopic (exact) mass is 334 g/mol. The molecule has 0 aliphatic heterocycles. The van der Waals surface area contributed by atoms with Gasteiger partial charge in [-0.05, 0) is 59.7 Å². The highest BCUT2D eigenvalue weighted by Gasteiger charge is 2.01. The van der Waals surface area contributed by atoms with Crippen molar-refractivity contribution in [2.24, 2.45) is 0 Å². The highest BCUT2D eigenvalue weighted by atomic mass is 16.3. The first-order valence-corrected chi connectivity index (χ1v) is 8.57. The summed E-state index contributed by atoms with van der Waals surface area (Å²) in [5, 5.41) is 12.5. The Morgan fingerprint density at radius 1 is 1.16 bits per heavy atom. The number of hydrogen-bond donors (Lipinski definition) is 2. The molecule has 2 aromatic rings. The van der Waals surface area contributed by atoms with Crippen LogP contribution in [0.3, 0.4) is 0 Å². The van der Waals surface area contributed by atoms with E-state index in [1.54, 1.807) is 0 Å². The number of nitrogens with zero attached hydrogens (tertiary/aromatic N) is 1. The van der Waals surface area contributed by atoms with Crippen LogP contribution in [0.2, 0.25) is 0 Å². The highest BCUT2D eigenvalue weighted by molar-refractivity contribution is 5.47. The van der Waals surface area contributed by atoms with Gasteiger partial charge in [-0.15, -0.1) is 0 Å². The molecular formula is C22H26N2O. The molecule has 0 fully saturated rings. The number of pyridine rings is 1. The van der Waals surface area contributed by atoms with E-state index in [4.69, 9.17) is 0 Å². The summed E-state index contributed by atoms with van der Waals surface area (Å²) < 4.78 is 0. The minimum absolute atomic E-state index is 0.0806. The molecule has 130 valence electrons. The fourth-order valence-corrected chi connectivity index (χ4v) is 2.60. The minimum atomic E-state index is 0.0806. The summed E-state index contributed by atoms with van der Waals surface area (Å²) in [6, 6.07) is 12.1. The number of hydrogen-bond acceptors (Lipinski definition) is 3. The highest BCUT2D eigenvalue weighted by Crippen LogP contribution is 2.14. The molecule has 2 rings (SSSR count). The van der Waals surface area contributed by atoms with Crippen LogP contribution in [0.15, 0.2) is 79.2 Å². The van der Waals surface area contributed by atoms with E-state index >= 15 is 0 Å². The first-order valence-electron chi connectivity index (χ1n) is 8.57. The summed E-state index contributed by atoms with van der Waals surface area (Å²) in [7, 11) is 0. The maximum atomic E-state index is 9.23. The largest absolute Gasteiger partial charge is 0.392 e. The van der Waals surface area contributed by atoms with Crippen LogP contribution in [0.25, 0.3) is 0 Å². The zero-order valence-corrected chi connectivity index (χ0v) is 14.8. The van der Waals surface area contributed by atoms with Crippen LogP contribution in [-0.4, -0.2) is 10.1 Å². The summed E-state index contributed by atoms with van der Waals surface area (Å²) in [5.74, 6) is 0.794. The van der Waals surface area contributed by atoms with Crippen molar-refractivity contribution in [3.05, 3.63) is 95.9 Å². The summed E-state index contributed by atoms with van der Waals surface area (Å²) in [5.41, 5.74) is 5.33. The van der Waals surface area contributed by atoms with Crippen molar-refractivity contribution in [1.29, 1.82) is 0 Å². The van der Waals surface area contributed by atoms with Gasteiger partial charge in [0.05, 0.1) is 6.61 Å². The Hall–Kier alpha value is -2.65. The lowest BCUT2D eigenvalue weighted by atomic mass is 10.0. The van der Waals surface area contributed by atoms with Crippen molar-refractivity contribution in [2.75, 3.05) is 5.32 Å². The first kappa shape index (κ1) is 18.7. The minimum Gasteiger partial charge on any atom is -0.392 e. The lowest BCUT2D eigenvalue weighted by Gasteiger charge is -2.09. The van der Waals surface area contributed by atoms with Crippen LogP contribution >= 0.6 is 0 Å². The van der Waals surface area contributed by atoms with Gasteiger partial charge in [-0.25, -0.2) is 4.98 Å². The van der Waals surface area contributed by atoms with Gasteiger partial charge in [-0.3, -0.25) is 0 Å². The normalized spacial score (nSPS) is 11.2. The average molecular weight is 334 g/mol. The van der Waals surface area contributed by atoms with E-state index in [-0.39, 0.29) is 6.61 Å². The lowest BCUT2D eigenvalue weighted by molar-refractivity contribution is 0.281. The van der Waals surface area contributed by atoms with Crippen LogP contribution < -0.4 is 5.32 Å². The molecule has 2 N–H and O–H groups in total. The molecular weight excluding hydrogens is 308 g/mol. The van der Waals surface area contributed by atoms with E-state index in [9.17, 15) is 5.11 Å². The van der Waals surface area contributed by atoms with Gasteiger partial charge in [0, 0.05) is 11.9 Å². The van der Waals surface area contributed by atoms with Gasteiger partial charge in [0.15, 0.2) is 0 Å². The predicted molar refractivity (Wildman–Crippen MR) is 105 cm³/mol. The number of rotatable bonds is 9. The van der Waals surface area contributed by atoms with Crippen molar-refractivity contribution in [3.8, 4) is 0 Å². The van der Waals surface area contributed by atoms with Crippen molar-refractivity contribution >= 4 is 5.82 Å². The molecule has 0 saturated carbocycles. The Kier molecular flexibility index (Phi) is 7.17. The van der Waals surface area contributed by atoms with Gasteiger partial charge in [-0.1, -0.05) is 50.4 Å². The summed E-state index contributed by atoms with van der Waals surface area (Å²) in [4.78, 5) is 4.36. The zero-order chi connectivity index (χ0) is 18.1. The number of aliphatic hydroxyl groups excluding tert-OH is 1. The van der Waals surface area contributed by atoms with E-state index < -0.39 is 0 Å². The molecule has 0 aliphatic rings. The molecule has 0 amide bonds. The Labute approximate surface area is 150 Å². The third-order valence-electron chi connectivity index (χ3n) is 4.02. The van der Waals surface area contributed by atoms with Crippen LogP contribution in [0.5, 0.6) is 0 Å². The molecule has 1 heterocycles. The van der Waals surface area contributed by atoms with Crippen molar-refractivity contribution in [2.45, 2.75) is 32.8 Å². The fourth-order valence-electron chi connectivity index (χ4n) is 2.60. The Morgan fingerprint density at radius 3 is 2.56 bits per heavy atom. The van der Waals surface area contributed by atoms with Gasteiger partial charge in [0.25, 0.3) is 0 Å². The fraction of sp³-hybridized carbons (Fsp3) is 0.227. The van der Waals surface area contributed by atoms with Crippen LogP contribution in [0.1, 0.15) is 30.0 Å². The molecule has 0 saturated heterocycles. The Morgan fingerprint density at radius 2 is 1.88 bits per heavy atom. The number of aliphatic hydroxyl groups is 1. The maximum Gasteiger partial charge on any atom is 0.130 e. The molecule has 0 aliphatic carbocycles. The second kappa shape index (κ2) is 9.60. The molecule has 25 heavy (non-hydrogen) atoms. The van der Waals surface area contributed by atoms with Crippen molar-refractivity contribution < 1.29 is 5.11 Å². The predicted octanol–water partition coefficient (Wildman–Crippen LogP) is 4.81. The third-order valence-corrected chi connectivity index (χ3v) is 4.02. The van der Waals surface area contributed by atoms with Gasteiger partial charge < -0.3 is 10.4 Å². The van der Waals surface area contributed by atoms with Crippen LogP contribution in [-0.2, 0) is 19.4 Å². The van der Waals surface area contributed by atoms with Crippen molar-refractivity contribution in [1.82, 2.24) is 4.98 Å². The molecule has 1 aromatic heterocycles. The Balaban J connectivity index is 1.99. The molecule has 3 heteroatoms. The molecule has 0 bridgehead atoms. The molecule has 0 atom stereocenters. The topological polar surface area (TPSA) is 45.1 Å². The second-order valence-electron chi connectivity index (χ2n) is 5.95. The molecule has 0 unspecified atom stereocenters. The van der Waals surface area contributed by atoms with Gasteiger partial charge in [0.1, 0.15) is 5.82 Å². The first-order chi connectivity index (χ1) is 12.1. The van der Waals surface area contributed by atoms with E-state index in [1.165, 1.54) is 11.1 Å². The SMILES string of the molecule is C=CC(=CC(=C)Nc1cc(CCc2cccc(CO)c2)ccn1)CC. The average Bonchev–Trinajstić information content (AvgIpc) is 2.65. The second-order valence-corrected chi connectivity index (χ2v) is 5.95. The summed E-state index contributed by atoms with van der Waals surface area (Å²) in [6.45, 7) is 10.0. The van der Waals surface area contributed by atoms with E-state index in [0.29, 0.717) is 0 Å².